The first-order chi connectivity index (χ1) is 7.45. The second kappa shape index (κ2) is 5.79. The predicted molar refractivity (Wildman–Crippen MR) is 68.7 cm³/mol. The molecule has 0 bridgehead atoms. The minimum Gasteiger partial charge on any atom is -0.467 e. The number of carbonyl (C=O) groups is 2. The largest absolute Gasteiger partial charge is 0.467 e. The van der Waals surface area contributed by atoms with E-state index in [4.69, 9.17) is 0 Å². The number of ether oxygens (including phenoxy) is 1. The highest BCUT2D eigenvalue weighted by Gasteiger charge is 2.19. The second-order valence-corrected chi connectivity index (χ2v) is 6.71. The smallest absolute Gasteiger partial charge is 0.328 e. The van der Waals surface area contributed by atoms with Gasteiger partial charge in [-0.15, -0.1) is 11.3 Å². The molecule has 1 atom stereocenters. The molecule has 0 radical (unpaired) electrons. The van der Waals surface area contributed by atoms with Crippen LogP contribution in [0.25, 0.3) is 0 Å². The number of nitrogens with one attached hydrogen (secondary N) is 1. The lowest BCUT2D eigenvalue weighted by molar-refractivity contribution is -0.142. The van der Waals surface area contributed by atoms with Gasteiger partial charge in [-0.25, -0.2) is 4.79 Å². The molecule has 4 nitrogen and oxygen atoms in total. The summed E-state index contributed by atoms with van der Waals surface area (Å²) in [5.41, 5.74) is 0.493. The summed E-state index contributed by atoms with van der Waals surface area (Å²) < 4.78 is 6.07. The third-order valence-electron chi connectivity index (χ3n) is 1.80. The van der Waals surface area contributed by atoms with Crippen molar-refractivity contribution in [3.63, 3.8) is 0 Å². The van der Waals surface area contributed by atoms with Crippen LogP contribution in [0.3, 0.4) is 0 Å². The molecule has 0 aliphatic carbocycles. The van der Waals surface area contributed by atoms with E-state index in [0.717, 1.165) is 3.79 Å². The van der Waals surface area contributed by atoms with E-state index in [0.29, 0.717) is 9.35 Å². The average Bonchev–Trinajstić information content (AvgIpc) is 2.56. The monoisotopic (exact) mass is 369 g/mol. The highest BCUT2D eigenvalue weighted by Crippen LogP contribution is 2.31. The van der Waals surface area contributed by atoms with Crippen LogP contribution >= 0.6 is 43.2 Å². The van der Waals surface area contributed by atoms with Gasteiger partial charge in [0, 0.05) is 0 Å². The molecule has 88 valence electrons. The van der Waals surface area contributed by atoms with Crippen LogP contribution < -0.4 is 5.32 Å². The Bertz CT molecular complexity index is 419. The number of halogens is 2. The van der Waals surface area contributed by atoms with Crippen LogP contribution in [0.2, 0.25) is 0 Å². The summed E-state index contributed by atoms with van der Waals surface area (Å²) in [5.74, 6) is -0.787. The lowest BCUT2D eigenvalue weighted by Crippen LogP contribution is -2.39. The summed E-state index contributed by atoms with van der Waals surface area (Å²) >= 11 is 7.95. The van der Waals surface area contributed by atoms with E-state index in [2.05, 4.69) is 41.9 Å². The third-order valence-corrected chi connectivity index (χ3v) is 4.14. The molecule has 1 amide bonds. The first-order valence-electron chi connectivity index (χ1n) is 4.29. The molecule has 1 N–H and O–H groups in total. The van der Waals surface area contributed by atoms with Crippen LogP contribution in [0.15, 0.2) is 13.6 Å². The quantitative estimate of drug-likeness (QED) is 0.832. The van der Waals surface area contributed by atoms with Gasteiger partial charge in [0.05, 0.1) is 20.2 Å². The normalized spacial score (nSPS) is 12.0. The molecule has 0 saturated heterocycles. The standard InChI is InChI=1S/C9H9Br2NO3S/c1-4(9(14)15-2)12-8(13)5-3-6(10)16-7(5)11/h3-4H,1-2H3,(H,12,13)/t4-/m0/s1. The summed E-state index contributed by atoms with van der Waals surface area (Å²) in [6.45, 7) is 1.57. The maximum absolute atomic E-state index is 11.7. The van der Waals surface area contributed by atoms with E-state index >= 15 is 0 Å². The minimum absolute atomic E-state index is 0.313. The van der Waals surface area contributed by atoms with Gasteiger partial charge in [-0.05, 0) is 44.8 Å². The van der Waals surface area contributed by atoms with E-state index in [1.54, 1.807) is 13.0 Å². The SMILES string of the molecule is COC(=O)[C@H](C)NC(=O)c1cc(Br)sc1Br. The van der Waals surface area contributed by atoms with Crippen molar-refractivity contribution in [2.24, 2.45) is 0 Å². The molecule has 0 aromatic carbocycles. The van der Waals surface area contributed by atoms with Crippen LogP contribution in [-0.2, 0) is 9.53 Å². The van der Waals surface area contributed by atoms with Crippen molar-refractivity contribution >= 4 is 55.1 Å². The highest BCUT2D eigenvalue weighted by atomic mass is 79.9. The zero-order valence-corrected chi connectivity index (χ0v) is 12.5. The number of hydrogen-bond donors (Lipinski definition) is 1. The Labute approximate surface area is 114 Å². The topological polar surface area (TPSA) is 55.4 Å². The van der Waals surface area contributed by atoms with E-state index in [1.165, 1.54) is 18.4 Å². The zero-order valence-electron chi connectivity index (χ0n) is 8.54. The molecule has 1 aromatic heterocycles. The Hall–Kier alpha value is -0.400. The number of esters is 1. The lowest BCUT2D eigenvalue weighted by Gasteiger charge is -2.10. The van der Waals surface area contributed by atoms with Gasteiger partial charge < -0.3 is 10.1 Å². The fraction of sp³-hybridized carbons (Fsp3) is 0.333. The van der Waals surface area contributed by atoms with E-state index in [1.807, 2.05) is 0 Å². The second-order valence-electron chi connectivity index (χ2n) is 2.96. The Balaban J connectivity index is 2.73. The Morgan fingerprint density at radius 1 is 1.50 bits per heavy atom. The van der Waals surface area contributed by atoms with Gasteiger partial charge in [0.1, 0.15) is 6.04 Å². The summed E-state index contributed by atoms with van der Waals surface area (Å²) in [5, 5.41) is 2.54. The Morgan fingerprint density at radius 2 is 2.12 bits per heavy atom. The van der Waals surface area contributed by atoms with Gasteiger partial charge >= 0.3 is 5.97 Å². The molecular formula is C9H9Br2NO3S. The van der Waals surface area contributed by atoms with Gasteiger partial charge in [-0.3, -0.25) is 4.79 Å². The van der Waals surface area contributed by atoms with Crippen LogP contribution in [0.5, 0.6) is 0 Å². The van der Waals surface area contributed by atoms with Crippen molar-refractivity contribution in [2.45, 2.75) is 13.0 Å². The fourth-order valence-electron chi connectivity index (χ4n) is 1.01. The molecule has 0 aliphatic heterocycles. The van der Waals surface area contributed by atoms with Gasteiger partial charge in [0.25, 0.3) is 5.91 Å². The molecule has 0 fully saturated rings. The number of amides is 1. The first-order valence-corrected chi connectivity index (χ1v) is 6.69. The van der Waals surface area contributed by atoms with Crippen molar-refractivity contribution in [1.82, 2.24) is 5.32 Å². The van der Waals surface area contributed by atoms with Crippen LogP contribution in [0.1, 0.15) is 17.3 Å². The van der Waals surface area contributed by atoms with Gasteiger partial charge in [0.15, 0.2) is 0 Å². The lowest BCUT2D eigenvalue weighted by atomic mass is 10.3. The molecule has 1 rings (SSSR count). The molecule has 16 heavy (non-hydrogen) atoms. The van der Waals surface area contributed by atoms with Crippen LogP contribution in [0, 0.1) is 0 Å². The number of carbonyl (C=O) groups excluding carboxylic acids is 2. The molecule has 0 spiro atoms. The maximum atomic E-state index is 11.7. The van der Waals surface area contributed by atoms with E-state index < -0.39 is 12.0 Å². The number of thiophene rings is 1. The zero-order chi connectivity index (χ0) is 12.3. The highest BCUT2D eigenvalue weighted by molar-refractivity contribution is 9.12. The van der Waals surface area contributed by atoms with Gasteiger partial charge in [0.2, 0.25) is 0 Å². The molecular weight excluding hydrogens is 362 g/mol. The molecule has 1 heterocycles. The van der Waals surface area contributed by atoms with Crippen LogP contribution in [0.4, 0.5) is 0 Å². The van der Waals surface area contributed by atoms with Gasteiger partial charge in [-0.1, -0.05) is 0 Å². The van der Waals surface area contributed by atoms with Crippen molar-refractivity contribution in [1.29, 1.82) is 0 Å². The number of methoxy groups -OCH3 is 1. The molecule has 0 aliphatic rings. The van der Waals surface area contributed by atoms with Crippen LogP contribution in [-0.4, -0.2) is 25.0 Å². The van der Waals surface area contributed by atoms with Crippen molar-refractivity contribution in [2.75, 3.05) is 7.11 Å². The average molecular weight is 371 g/mol. The van der Waals surface area contributed by atoms with Gasteiger partial charge in [-0.2, -0.15) is 0 Å². The maximum Gasteiger partial charge on any atom is 0.328 e. The summed E-state index contributed by atoms with van der Waals surface area (Å²) in [4.78, 5) is 22.9. The first kappa shape index (κ1) is 13.7. The van der Waals surface area contributed by atoms with Crippen molar-refractivity contribution in [3.05, 3.63) is 19.2 Å². The molecule has 1 aromatic rings. The van der Waals surface area contributed by atoms with Crippen molar-refractivity contribution < 1.29 is 14.3 Å². The minimum atomic E-state index is -0.664. The van der Waals surface area contributed by atoms with Crippen molar-refractivity contribution in [3.8, 4) is 0 Å². The molecule has 0 saturated carbocycles. The summed E-state index contributed by atoms with van der Waals surface area (Å²) in [6, 6.07) is 1.02. The summed E-state index contributed by atoms with van der Waals surface area (Å²) in [6.07, 6.45) is 0. The third kappa shape index (κ3) is 3.29. The number of rotatable bonds is 3. The fourth-order valence-corrected chi connectivity index (χ4v) is 3.80. The molecule has 0 unspecified atom stereocenters. The summed E-state index contributed by atoms with van der Waals surface area (Å²) in [7, 11) is 1.28. The van der Waals surface area contributed by atoms with E-state index in [9.17, 15) is 9.59 Å². The molecule has 7 heteroatoms. The predicted octanol–water partition coefficient (Wildman–Crippen LogP) is 2.56. The number of hydrogen-bond acceptors (Lipinski definition) is 4. The van der Waals surface area contributed by atoms with E-state index in [-0.39, 0.29) is 5.91 Å². The Morgan fingerprint density at radius 3 is 2.56 bits per heavy atom. The Kier molecular flexibility index (Phi) is 4.94.